The van der Waals surface area contributed by atoms with Crippen LogP contribution in [0.5, 0.6) is 17.2 Å². The van der Waals surface area contributed by atoms with Crippen LogP contribution in [-0.4, -0.2) is 38.9 Å². The Bertz CT molecular complexity index is 1580. The molecule has 1 aromatic heterocycles. The number of amides is 2. The summed E-state index contributed by atoms with van der Waals surface area (Å²) in [6, 6.07) is 20.2. The first-order valence-electron chi connectivity index (χ1n) is 12.5. The maximum atomic E-state index is 13.4. The molecule has 0 aliphatic carbocycles. The number of anilines is 1. The molecular formula is C32H28N2O6S. The summed E-state index contributed by atoms with van der Waals surface area (Å²) in [5.41, 5.74) is 2.68. The van der Waals surface area contributed by atoms with Crippen LogP contribution >= 0.6 is 11.3 Å². The van der Waals surface area contributed by atoms with Gasteiger partial charge in [-0.25, -0.2) is 0 Å². The number of thiophene rings is 1. The van der Waals surface area contributed by atoms with Crippen molar-refractivity contribution in [2.75, 3.05) is 26.6 Å². The predicted octanol–water partition coefficient (Wildman–Crippen LogP) is 6.08. The van der Waals surface area contributed by atoms with E-state index in [9.17, 15) is 14.4 Å². The summed E-state index contributed by atoms with van der Waals surface area (Å²) in [6.45, 7) is 0. The molecule has 0 radical (unpaired) electrons. The van der Waals surface area contributed by atoms with E-state index in [4.69, 9.17) is 14.2 Å². The van der Waals surface area contributed by atoms with E-state index in [2.05, 4.69) is 10.6 Å². The maximum Gasteiger partial charge on any atom is 0.272 e. The molecule has 0 spiro atoms. The number of hydrogen-bond donors (Lipinski definition) is 2. The highest BCUT2D eigenvalue weighted by Crippen LogP contribution is 2.35. The number of carbonyl (C=O) groups is 3. The first-order valence-corrected chi connectivity index (χ1v) is 13.4. The van der Waals surface area contributed by atoms with E-state index in [1.165, 1.54) is 33.5 Å². The molecular weight excluding hydrogens is 540 g/mol. The Kier molecular flexibility index (Phi) is 9.69. The molecule has 0 unspecified atom stereocenters. The lowest BCUT2D eigenvalue weighted by atomic mass is 10.1. The van der Waals surface area contributed by atoms with Gasteiger partial charge in [-0.3, -0.25) is 14.4 Å². The fourth-order valence-electron chi connectivity index (χ4n) is 3.82. The number of hydrogen-bond acceptors (Lipinski definition) is 7. The molecule has 4 aromatic rings. The number of ether oxygens (including phenoxy) is 3. The van der Waals surface area contributed by atoms with Gasteiger partial charge in [0.2, 0.25) is 0 Å². The molecule has 208 valence electrons. The molecule has 1 heterocycles. The Morgan fingerprint density at radius 2 is 1.46 bits per heavy atom. The van der Waals surface area contributed by atoms with Gasteiger partial charge in [0, 0.05) is 28.4 Å². The van der Waals surface area contributed by atoms with Crippen LogP contribution in [0.2, 0.25) is 0 Å². The molecule has 4 rings (SSSR count). The molecule has 0 fully saturated rings. The first-order chi connectivity index (χ1) is 19.9. The number of nitrogens with one attached hydrogen (secondary N) is 2. The lowest BCUT2D eigenvalue weighted by molar-refractivity contribution is -0.113. The fraction of sp³-hybridized carbons (Fsp3) is 0.0938. The number of methoxy groups -OCH3 is 3. The van der Waals surface area contributed by atoms with E-state index in [1.54, 1.807) is 84.1 Å². The Labute approximate surface area is 241 Å². The molecule has 0 aliphatic heterocycles. The van der Waals surface area contributed by atoms with Crippen molar-refractivity contribution in [2.45, 2.75) is 0 Å². The zero-order chi connectivity index (χ0) is 29.2. The van der Waals surface area contributed by atoms with E-state index < -0.39 is 11.8 Å². The molecule has 0 bridgehead atoms. The second-order valence-electron chi connectivity index (χ2n) is 8.61. The number of allylic oxidation sites excluding steroid dienone is 1. The van der Waals surface area contributed by atoms with Crippen molar-refractivity contribution < 1.29 is 28.6 Å². The van der Waals surface area contributed by atoms with Crippen molar-refractivity contribution >= 4 is 46.8 Å². The van der Waals surface area contributed by atoms with E-state index in [-0.39, 0.29) is 11.5 Å². The third-order valence-corrected chi connectivity index (χ3v) is 6.66. The van der Waals surface area contributed by atoms with Crippen molar-refractivity contribution in [3.8, 4) is 17.2 Å². The highest BCUT2D eigenvalue weighted by Gasteiger charge is 2.18. The van der Waals surface area contributed by atoms with Crippen LogP contribution in [0, 0.1) is 0 Å². The molecule has 2 amide bonds. The van der Waals surface area contributed by atoms with Gasteiger partial charge in [-0.1, -0.05) is 24.3 Å². The second-order valence-corrected chi connectivity index (χ2v) is 9.39. The molecule has 8 nitrogen and oxygen atoms in total. The lowest BCUT2D eigenvalue weighted by Crippen LogP contribution is -2.30. The summed E-state index contributed by atoms with van der Waals surface area (Å²) in [4.78, 5) is 39.0. The quantitative estimate of drug-likeness (QED) is 0.168. The van der Waals surface area contributed by atoms with Gasteiger partial charge in [0.05, 0.1) is 21.3 Å². The van der Waals surface area contributed by atoms with E-state index in [0.29, 0.717) is 39.6 Å². The van der Waals surface area contributed by atoms with Crippen molar-refractivity contribution in [3.63, 3.8) is 0 Å². The number of carbonyl (C=O) groups excluding carboxylic acids is 3. The van der Waals surface area contributed by atoms with Crippen LogP contribution in [0.1, 0.15) is 31.8 Å². The average Bonchev–Trinajstić information content (AvgIpc) is 3.53. The minimum absolute atomic E-state index is 0.0387. The molecule has 2 N–H and O–H groups in total. The van der Waals surface area contributed by atoms with Gasteiger partial charge in [-0.05, 0) is 77.0 Å². The molecule has 0 saturated carbocycles. The van der Waals surface area contributed by atoms with Crippen molar-refractivity contribution in [2.24, 2.45) is 0 Å². The molecule has 9 heteroatoms. The van der Waals surface area contributed by atoms with E-state index in [0.717, 1.165) is 5.56 Å². The van der Waals surface area contributed by atoms with Gasteiger partial charge in [0.1, 0.15) is 11.4 Å². The molecule has 3 aromatic carbocycles. The molecule has 41 heavy (non-hydrogen) atoms. The van der Waals surface area contributed by atoms with Crippen LogP contribution < -0.4 is 24.8 Å². The second kappa shape index (κ2) is 13.8. The standard InChI is InChI=1S/C32H28N2O6S/c1-38-28-19-30(40-3)29(39-2)18-24(28)17-26(34-31(36)23-7-5-4-6-8-23)32(37)33-25-12-10-22(11-13-25)27(35)14-9-21-15-16-41-20-21/h4-20H,1-3H3,(H,33,37)(H,34,36)/b14-9+,26-17-. The Morgan fingerprint density at radius 1 is 0.780 bits per heavy atom. The number of rotatable bonds is 11. The van der Waals surface area contributed by atoms with Gasteiger partial charge >= 0.3 is 0 Å². The van der Waals surface area contributed by atoms with Crippen LogP contribution in [0.3, 0.4) is 0 Å². The van der Waals surface area contributed by atoms with Gasteiger partial charge in [0.25, 0.3) is 11.8 Å². The van der Waals surface area contributed by atoms with Crippen LogP contribution in [-0.2, 0) is 4.79 Å². The van der Waals surface area contributed by atoms with E-state index in [1.807, 2.05) is 16.8 Å². The SMILES string of the molecule is COc1cc(OC)c(OC)cc1/C=C(\NC(=O)c1ccccc1)C(=O)Nc1ccc(C(=O)/C=C/c2ccsc2)cc1. The zero-order valence-corrected chi connectivity index (χ0v) is 23.5. The summed E-state index contributed by atoms with van der Waals surface area (Å²) in [6.07, 6.45) is 4.75. The first kappa shape index (κ1) is 28.8. The Morgan fingerprint density at radius 3 is 2.10 bits per heavy atom. The topological polar surface area (TPSA) is 103 Å². The third kappa shape index (κ3) is 7.49. The lowest BCUT2D eigenvalue weighted by Gasteiger charge is -2.15. The number of ketones is 1. The molecule has 0 saturated heterocycles. The van der Waals surface area contributed by atoms with Gasteiger partial charge in [0.15, 0.2) is 17.3 Å². The number of benzene rings is 3. The average molecular weight is 569 g/mol. The van der Waals surface area contributed by atoms with Gasteiger partial charge < -0.3 is 24.8 Å². The highest BCUT2D eigenvalue weighted by molar-refractivity contribution is 7.08. The smallest absolute Gasteiger partial charge is 0.272 e. The molecule has 0 aliphatic rings. The summed E-state index contributed by atoms with van der Waals surface area (Å²) in [5, 5.41) is 9.37. The summed E-state index contributed by atoms with van der Waals surface area (Å²) >= 11 is 1.55. The van der Waals surface area contributed by atoms with Crippen LogP contribution in [0.25, 0.3) is 12.2 Å². The summed E-state index contributed by atoms with van der Waals surface area (Å²) in [7, 11) is 4.48. The third-order valence-electron chi connectivity index (χ3n) is 5.96. The normalized spacial score (nSPS) is 11.1. The Balaban J connectivity index is 1.60. The Hall–Kier alpha value is -5.15. The highest BCUT2D eigenvalue weighted by atomic mass is 32.1. The summed E-state index contributed by atoms with van der Waals surface area (Å²) < 4.78 is 16.2. The van der Waals surface area contributed by atoms with Gasteiger partial charge in [-0.2, -0.15) is 11.3 Å². The minimum atomic E-state index is -0.581. The minimum Gasteiger partial charge on any atom is -0.496 e. The van der Waals surface area contributed by atoms with Crippen LogP contribution in [0.4, 0.5) is 5.69 Å². The van der Waals surface area contributed by atoms with Crippen molar-refractivity contribution in [3.05, 3.63) is 118 Å². The molecule has 0 atom stereocenters. The van der Waals surface area contributed by atoms with E-state index >= 15 is 0 Å². The van der Waals surface area contributed by atoms with Crippen molar-refractivity contribution in [1.29, 1.82) is 0 Å². The maximum absolute atomic E-state index is 13.4. The fourth-order valence-corrected chi connectivity index (χ4v) is 4.45. The monoisotopic (exact) mass is 568 g/mol. The summed E-state index contributed by atoms with van der Waals surface area (Å²) in [5.74, 6) is 0.0561. The zero-order valence-electron chi connectivity index (χ0n) is 22.7. The van der Waals surface area contributed by atoms with Crippen LogP contribution in [0.15, 0.2) is 95.3 Å². The predicted molar refractivity (Wildman–Crippen MR) is 161 cm³/mol. The van der Waals surface area contributed by atoms with Gasteiger partial charge in [-0.15, -0.1) is 0 Å². The largest absolute Gasteiger partial charge is 0.496 e. The van der Waals surface area contributed by atoms with Crippen molar-refractivity contribution in [1.82, 2.24) is 5.32 Å².